The van der Waals surface area contributed by atoms with E-state index >= 15 is 0 Å². The zero-order chi connectivity index (χ0) is 13.3. The Kier molecular flexibility index (Phi) is 7.03. The number of hydrogen-bond acceptors (Lipinski definition) is 0. The van der Waals surface area contributed by atoms with Crippen molar-refractivity contribution in [3.05, 3.63) is 12.2 Å². The normalized spacial score (nSPS) is 29.9. The van der Waals surface area contributed by atoms with Crippen molar-refractivity contribution in [1.82, 2.24) is 0 Å². The van der Waals surface area contributed by atoms with Crippen molar-refractivity contribution in [3.8, 4) is 0 Å². The summed E-state index contributed by atoms with van der Waals surface area (Å²) in [6.07, 6.45) is 24.0. The molecular formula is C19H34. The fraction of sp³-hybridized carbons (Fsp3) is 0.895. The molecular weight excluding hydrogens is 228 g/mol. The predicted octanol–water partition coefficient (Wildman–Crippen LogP) is 6.51. The van der Waals surface area contributed by atoms with Gasteiger partial charge in [0, 0.05) is 0 Å². The van der Waals surface area contributed by atoms with Gasteiger partial charge in [0.15, 0.2) is 0 Å². The van der Waals surface area contributed by atoms with E-state index < -0.39 is 0 Å². The van der Waals surface area contributed by atoms with E-state index in [1.165, 1.54) is 44.9 Å². The summed E-state index contributed by atoms with van der Waals surface area (Å²) in [5.74, 6) is 3.29. The van der Waals surface area contributed by atoms with E-state index in [1.807, 2.05) is 0 Å². The van der Waals surface area contributed by atoms with Crippen molar-refractivity contribution < 1.29 is 0 Å². The molecule has 0 heteroatoms. The molecule has 0 aromatic carbocycles. The van der Waals surface area contributed by atoms with Crippen LogP contribution < -0.4 is 0 Å². The summed E-state index contributed by atoms with van der Waals surface area (Å²) in [6.45, 7) is 2.23. The van der Waals surface area contributed by atoms with Gasteiger partial charge >= 0.3 is 0 Å². The average molecular weight is 262 g/mol. The van der Waals surface area contributed by atoms with Crippen molar-refractivity contribution >= 4 is 0 Å². The third kappa shape index (κ3) is 5.32. The molecule has 0 aromatic heterocycles. The molecule has 0 aromatic rings. The molecule has 0 aliphatic heterocycles. The zero-order valence-electron chi connectivity index (χ0n) is 13.1. The second-order valence-electron chi connectivity index (χ2n) is 6.99. The quantitative estimate of drug-likeness (QED) is 0.378. The lowest BCUT2D eigenvalue weighted by atomic mass is 9.70. The van der Waals surface area contributed by atoms with Gasteiger partial charge in [-0.15, -0.1) is 0 Å². The summed E-state index contributed by atoms with van der Waals surface area (Å²) in [4.78, 5) is 0. The Morgan fingerprint density at radius 1 is 0.789 bits per heavy atom. The molecule has 0 N–H and O–H groups in total. The zero-order valence-corrected chi connectivity index (χ0v) is 13.1. The van der Waals surface area contributed by atoms with Crippen LogP contribution in [0.25, 0.3) is 0 Å². The summed E-state index contributed by atoms with van der Waals surface area (Å²) in [6, 6.07) is 0. The summed E-state index contributed by atoms with van der Waals surface area (Å²) < 4.78 is 0. The lowest BCUT2D eigenvalue weighted by molar-refractivity contribution is 0.163. The highest BCUT2D eigenvalue weighted by Crippen LogP contribution is 2.40. The highest BCUT2D eigenvalue weighted by atomic mass is 14.3. The highest BCUT2D eigenvalue weighted by Gasteiger charge is 2.28. The number of hydrogen-bond donors (Lipinski definition) is 0. The van der Waals surface area contributed by atoms with Crippen LogP contribution in [0.2, 0.25) is 0 Å². The summed E-state index contributed by atoms with van der Waals surface area (Å²) >= 11 is 0. The molecule has 0 bridgehead atoms. The Balaban J connectivity index is 1.58. The molecule has 0 saturated heterocycles. The van der Waals surface area contributed by atoms with E-state index in [1.54, 1.807) is 38.5 Å². The molecule has 0 spiro atoms. The molecule has 0 unspecified atom stereocenters. The van der Waals surface area contributed by atoms with Crippen molar-refractivity contribution in [2.75, 3.05) is 0 Å². The van der Waals surface area contributed by atoms with E-state index in [0.29, 0.717) is 0 Å². The molecule has 0 nitrogen and oxygen atoms in total. The first kappa shape index (κ1) is 15.1. The van der Waals surface area contributed by atoms with Gasteiger partial charge in [-0.05, 0) is 49.9 Å². The largest absolute Gasteiger partial charge is 0.0888 e. The van der Waals surface area contributed by atoms with Crippen LogP contribution in [0.15, 0.2) is 12.2 Å². The third-order valence-electron chi connectivity index (χ3n) is 5.59. The molecule has 2 saturated carbocycles. The minimum absolute atomic E-state index is 1.06. The minimum atomic E-state index is 1.06. The lowest BCUT2D eigenvalue weighted by Gasteiger charge is -2.36. The van der Waals surface area contributed by atoms with Gasteiger partial charge in [0.25, 0.3) is 0 Å². The van der Waals surface area contributed by atoms with Gasteiger partial charge in [-0.1, -0.05) is 70.4 Å². The molecule has 0 atom stereocenters. The molecule has 2 rings (SSSR count). The second-order valence-corrected chi connectivity index (χ2v) is 6.99. The fourth-order valence-electron chi connectivity index (χ4n) is 4.36. The van der Waals surface area contributed by atoms with E-state index in [9.17, 15) is 0 Å². The van der Waals surface area contributed by atoms with Crippen LogP contribution in [0.3, 0.4) is 0 Å². The Hall–Kier alpha value is -0.260. The van der Waals surface area contributed by atoms with Crippen LogP contribution in [0.5, 0.6) is 0 Å². The van der Waals surface area contributed by atoms with Crippen LogP contribution in [0, 0.1) is 17.8 Å². The van der Waals surface area contributed by atoms with Gasteiger partial charge in [-0.3, -0.25) is 0 Å². The Bertz CT molecular complexity index is 239. The fourth-order valence-corrected chi connectivity index (χ4v) is 4.36. The molecule has 0 radical (unpaired) electrons. The molecule has 2 aliphatic carbocycles. The average Bonchev–Trinajstić information content (AvgIpc) is 2.49. The monoisotopic (exact) mass is 262 g/mol. The number of unbranched alkanes of at least 4 members (excludes halogenated alkanes) is 1. The maximum Gasteiger partial charge on any atom is -0.0351 e. The van der Waals surface area contributed by atoms with Crippen LogP contribution in [-0.4, -0.2) is 0 Å². The van der Waals surface area contributed by atoms with Crippen molar-refractivity contribution in [2.45, 2.75) is 90.4 Å². The van der Waals surface area contributed by atoms with Gasteiger partial charge in [0.05, 0.1) is 0 Å². The van der Waals surface area contributed by atoms with E-state index in [4.69, 9.17) is 0 Å². The molecule has 19 heavy (non-hydrogen) atoms. The molecule has 0 heterocycles. The molecule has 2 aliphatic rings. The van der Waals surface area contributed by atoms with Crippen LogP contribution in [-0.2, 0) is 0 Å². The van der Waals surface area contributed by atoms with E-state index in [0.717, 1.165) is 17.8 Å². The topological polar surface area (TPSA) is 0 Å². The van der Waals surface area contributed by atoms with E-state index in [-0.39, 0.29) is 0 Å². The number of allylic oxidation sites excluding steroid dienone is 2. The van der Waals surface area contributed by atoms with Crippen LogP contribution >= 0.6 is 0 Å². The van der Waals surface area contributed by atoms with Crippen molar-refractivity contribution in [3.63, 3.8) is 0 Å². The minimum Gasteiger partial charge on any atom is -0.0888 e. The van der Waals surface area contributed by atoms with Crippen LogP contribution in [0.1, 0.15) is 90.4 Å². The standard InChI is InChI=1S/C19H34/c1-2-3-4-5-7-10-17-13-15-19(16-14-17)18-11-8-6-9-12-18/h3-4,17-19H,2,5-16H2,1H3/b4-3-. The predicted molar refractivity (Wildman–Crippen MR) is 85.3 cm³/mol. The summed E-state index contributed by atoms with van der Waals surface area (Å²) in [5.41, 5.74) is 0. The molecule has 2 fully saturated rings. The first-order valence-electron chi connectivity index (χ1n) is 9.05. The van der Waals surface area contributed by atoms with E-state index in [2.05, 4.69) is 19.1 Å². The van der Waals surface area contributed by atoms with Gasteiger partial charge in [0.1, 0.15) is 0 Å². The summed E-state index contributed by atoms with van der Waals surface area (Å²) in [5, 5.41) is 0. The Morgan fingerprint density at radius 2 is 1.47 bits per heavy atom. The Labute approximate surface area is 121 Å². The van der Waals surface area contributed by atoms with Crippen LogP contribution in [0.4, 0.5) is 0 Å². The van der Waals surface area contributed by atoms with Gasteiger partial charge in [-0.25, -0.2) is 0 Å². The van der Waals surface area contributed by atoms with Gasteiger partial charge < -0.3 is 0 Å². The van der Waals surface area contributed by atoms with Gasteiger partial charge in [-0.2, -0.15) is 0 Å². The lowest BCUT2D eigenvalue weighted by Crippen LogP contribution is -2.23. The molecule has 110 valence electrons. The SMILES string of the molecule is CC/C=C\CCCC1CCC(C2CCCCC2)CC1. The smallest absolute Gasteiger partial charge is 0.0351 e. The summed E-state index contributed by atoms with van der Waals surface area (Å²) in [7, 11) is 0. The van der Waals surface area contributed by atoms with Crippen molar-refractivity contribution in [2.24, 2.45) is 17.8 Å². The first-order valence-corrected chi connectivity index (χ1v) is 9.05. The first-order chi connectivity index (χ1) is 9.40. The second kappa shape index (κ2) is 8.82. The highest BCUT2D eigenvalue weighted by molar-refractivity contribution is 4.82. The van der Waals surface area contributed by atoms with Crippen molar-refractivity contribution in [1.29, 1.82) is 0 Å². The maximum atomic E-state index is 2.38. The maximum absolute atomic E-state index is 2.38. The van der Waals surface area contributed by atoms with Gasteiger partial charge in [0.2, 0.25) is 0 Å². The number of rotatable bonds is 6. The third-order valence-corrected chi connectivity index (χ3v) is 5.59. The molecule has 0 amide bonds. The Morgan fingerprint density at radius 3 is 2.16 bits per heavy atom.